The molecule has 1 N–H and O–H groups in total. The van der Waals surface area contributed by atoms with Crippen LogP contribution in [0.25, 0.3) is 17.1 Å². The number of benzene rings is 2. The van der Waals surface area contributed by atoms with Crippen molar-refractivity contribution < 1.29 is 19.0 Å². The van der Waals surface area contributed by atoms with Gasteiger partial charge in [-0.1, -0.05) is 13.8 Å². The minimum Gasteiger partial charge on any atom is -0.460 e. The molecule has 3 aromatic rings. The minimum atomic E-state index is -0.0895. The Morgan fingerprint density at radius 2 is 1.80 bits per heavy atom. The summed E-state index contributed by atoms with van der Waals surface area (Å²) in [6.45, 7) is 7.76. The van der Waals surface area contributed by atoms with Crippen LogP contribution < -0.4 is 19.5 Å². The molecule has 0 unspecified atom stereocenters. The van der Waals surface area contributed by atoms with E-state index < -0.39 is 0 Å². The highest BCUT2D eigenvalue weighted by molar-refractivity contribution is 5.92. The van der Waals surface area contributed by atoms with Crippen molar-refractivity contribution in [1.29, 1.82) is 0 Å². The molecule has 0 saturated carbocycles. The molecule has 0 aliphatic carbocycles. The van der Waals surface area contributed by atoms with Crippen LogP contribution in [0, 0.1) is 5.92 Å². The summed E-state index contributed by atoms with van der Waals surface area (Å²) < 4.78 is 18.3. The molecule has 0 bridgehead atoms. The molecule has 0 saturated heterocycles. The van der Waals surface area contributed by atoms with E-state index in [1.54, 1.807) is 4.68 Å². The molecule has 0 fully saturated rings. The van der Waals surface area contributed by atoms with Gasteiger partial charge >= 0.3 is 6.01 Å². The van der Waals surface area contributed by atoms with Gasteiger partial charge in [-0.15, -0.1) is 5.10 Å². The minimum absolute atomic E-state index is 0.0304. The van der Waals surface area contributed by atoms with Crippen molar-refractivity contribution in [2.75, 3.05) is 12.1 Å². The molecule has 8 nitrogen and oxygen atoms in total. The van der Waals surface area contributed by atoms with Gasteiger partial charge < -0.3 is 19.5 Å². The number of nitrogens with zero attached hydrogens (tertiary/aromatic N) is 3. The maximum atomic E-state index is 11.9. The van der Waals surface area contributed by atoms with Crippen molar-refractivity contribution in [2.45, 2.75) is 33.8 Å². The maximum absolute atomic E-state index is 11.9. The van der Waals surface area contributed by atoms with Gasteiger partial charge in [-0.05, 0) is 56.3 Å². The largest absolute Gasteiger partial charge is 0.460 e. The van der Waals surface area contributed by atoms with Gasteiger partial charge in [-0.2, -0.15) is 4.98 Å². The number of aromatic nitrogens is 3. The zero-order valence-electron chi connectivity index (χ0n) is 17.4. The van der Waals surface area contributed by atoms with E-state index in [2.05, 4.69) is 15.4 Å². The van der Waals surface area contributed by atoms with Gasteiger partial charge in [-0.25, -0.2) is 4.68 Å². The summed E-state index contributed by atoms with van der Waals surface area (Å²) in [4.78, 5) is 16.5. The van der Waals surface area contributed by atoms with E-state index in [0.717, 1.165) is 16.9 Å². The third kappa shape index (κ3) is 4.07. The summed E-state index contributed by atoms with van der Waals surface area (Å²) >= 11 is 0. The zero-order chi connectivity index (χ0) is 21.3. The molecule has 0 spiro atoms. The summed E-state index contributed by atoms with van der Waals surface area (Å²) in [7, 11) is 0. The summed E-state index contributed by atoms with van der Waals surface area (Å²) in [6.07, 6.45) is -0.0564. The Morgan fingerprint density at radius 3 is 2.50 bits per heavy atom. The Kier molecular flexibility index (Phi) is 5.31. The average molecular weight is 408 g/mol. The lowest BCUT2D eigenvalue weighted by Crippen LogP contribution is -2.17. The first-order valence-corrected chi connectivity index (χ1v) is 9.86. The highest BCUT2D eigenvalue weighted by Crippen LogP contribution is 2.36. The van der Waals surface area contributed by atoms with Crippen LogP contribution >= 0.6 is 0 Å². The Bertz CT molecular complexity index is 1060. The molecular formula is C22H24N4O4. The first kappa shape index (κ1) is 19.8. The van der Waals surface area contributed by atoms with E-state index in [9.17, 15) is 4.79 Å². The van der Waals surface area contributed by atoms with Crippen molar-refractivity contribution in [2.24, 2.45) is 5.92 Å². The first-order chi connectivity index (χ1) is 14.4. The standard InChI is InChI=1S/C22H24N4O4/c1-13(2)21(27)23-16-6-8-17(9-7-16)26-20(24-22(25-26)30-14(3)4)15-5-10-18-19(11-15)29-12-28-18/h5-11,13-14H,12H2,1-4H3,(H,23,27). The second-order valence-electron chi connectivity index (χ2n) is 7.56. The van der Waals surface area contributed by atoms with Gasteiger partial charge in [-0.3, -0.25) is 4.79 Å². The van der Waals surface area contributed by atoms with E-state index in [4.69, 9.17) is 14.2 Å². The number of nitrogens with one attached hydrogen (secondary N) is 1. The fourth-order valence-corrected chi connectivity index (χ4v) is 2.93. The predicted octanol–water partition coefficient (Wildman–Crippen LogP) is 4.04. The number of carbonyl (C=O) groups is 1. The monoisotopic (exact) mass is 408 g/mol. The topological polar surface area (TPSA) is 87.5 Å². The summed E-state index contributed by atoms with van der Waals surface area (Å²) in [5.41, 5.74) is 2.33. The summed E-state index contributed by atoms with van der Waals surface area (Å²) in [5, 5.41) is 7.42. The predicted molar refractivity (Wildman–Crippen MR) is 112 cm³/mol. The molecule has 4 rings (SSSR count). The van der Waals surface area contributed by atoms with Gasteiger partial charge in [0.2, 0.25) is 12.7 Å². The molecule has 8 heteroatoms. The molecule has 1 amide bonds. The highest BCUT2D eigenvalue weighted by Gasteiger charge is 2.20. The summed E-state index contributed by atoms with van der Waals surface area (Å²) in [5.74, 6) is 1.86. The number of hydrogen-bond acceptors (Lipinski definition) is 6. The fraction of sp³-hybridized carbons (Fsp3) is 0.318. The smallest absolute Gasteiger partial charge is 0.336 e. The number of rotatable bonds is 6. The van der Waals surface area contributed by atoms with Gasteiger partial charge in [0.05, 0.1) is 11.8 Å². The molecule has 2 aromatic carbocycles. The number of amides is 1. The quantitative estimate of drug-likeness (QED) is 0.662. The first-order valence-electron chi connectivity index (χ1n) is 9.86. The number of fused-ring (bicyclic) bond motifs is 1. The molecular weight excluding hydrogens is 384 g/mol. The normalized spacial score (nSPS) is 12.5. The Labute approximate surface area is 174 Å². The third-order valence-corrected chi connectivity index (χ3v) is 4.46. The number of anilines is 1. The van der Waals surface area contributed by atoms with Crippen molar-refractivity contribution in [3.8, 4) is 34.6 Å². The van der Waals surface area contributed by atoms with Gasteiger partial charge in [0.25, 0.3) is 0 Å². The van der Waals surface area contributed by atoms with Crippen molar-refractivity contribution in [3.63, 3.8) is 0 Å². The van der Waals surface area contributed by atoms with Gasteiger partial charge in [0.15, 0.2) is 17.3 Å². The molecule has 30 heavy (non-hydrogen) atoms. The van der Waals surface area contributed by atoms with Crippen molar-refractivity contribution >= 4 is 11.6 Å². The molecule has 0 radical (unpaired) electrons. The Morgan fingerprint density at radius 1 is 1.07 bits per heavy atom. The van der Waals surface area contributed by atoms with Crippen molar-refractivity contribution in [3.05, 3.63) is 42.5 Å². The lowest BCUT2D eigenvalue weighted by molar-refractivity contribution is -0.118. The van der Waals surface area contributed by atoms with E-state index in [0.29, 0.717) is 17.3 Å². The molecule has 156 valence electrons. The number of hydrogen-bond donors (Lipinski definition) is 1. The van der Waals surface area contributed by atoms with Crippen LogP contribution in [-0.4, -0.2) is 33.6 Å². The van der Waals surface area contributed by atoms with Crippen LogP contribution in [0.3, 0.4) is 0 Å². The SMILES string of the molecule is CC(C)Oc1nc(-c2ccc3c(c2)OCO3)n(-c2ccc(NC(=O)C(C)C)cc2)n1. The van der Waals surface area contributed by atoms with Crippen LogP contribution in [0.2, 0.25) is 0 Å². The molecule has 1 aliphatic heterocycles. The van der Waals surface area contributed by atoms with Crippen molar-refractivity contribution in [1.82, 2.24) is 14.8 Å². The molecule has 0 atom stereocenters. The Balaban J connectivity index is 1.70. The average Bonchev–Trinajstić information content (AvgIpc) is 3.34. The van der Waals surface area contributed by atoms with Crippen LogP contribution in [0.1, 0.15) is 27.7 Å². The second kappa shape index (κ2) is 8.06. The third-order valence-electron chi connectivity index (χ3n) is 4.46. The van der Waals surface area contributed by atoms with E-state index >= 15 is 0 Å². The lowest BCUT2D eigenvalue weighted by Gasteiger charge is -2.10. The van der Waals surface area contributed by atoms with Crippen LogP contribution in [0.15, 0.2) is 42.5 Å². The van der Waals surface area contributed by atoms with E-state index in [1.807, 2.05) is 70.2 Å². The summed E-state index contributed by atoms with van der Waals surface area (Å²) in [6, 6.07) is 13.3. The fourth-order valence-electron chi connectivity index (χ4n) is 2.93. The van der Waals surface area contributed by atoms with Gasteiger partial charge in [0.1, 0.15) is 0 Å². The van der Waals surface area contributed by atoms with E-state index in [1.165, 1.54) is 0 Å². The lowest BCUT2D eigenvalue weighted by atomic mass is 10.2. The van der Waals surface area contributed by atoms with Crippen LogP contribution in [0.5, 0.6) is 17.5 Å². The molecule has 1 aromatic heterocycles. The van der Waals surface area contributed by atoms with Gasteiger partial charge in [0, 0.05) is 17.2 Å². The molecule has 1 aliphatic rings. The van der Waals surface area contributed by atoms with E-state index in [-0.39, 0.29) is 30.7 Å². The van der Waals surface area contributed by atoms with Crippen LogP contribution in [-0.2, 0) is 4.79 Å². The zero-order valence-corrected chi connectivity index (χ0v) is 17.4. The Hall–Kier alpha value is -3.55. The number of ether oxygens (including phenoxy) is 3. The number of carbonyl (C=O) groups excluding carboxylic acids is 1. The maximum Gasteiger partial charge on any atom is 0.336 e. The van der Waals surface area contributed by atoms with Crippen LogP contribution in [0.4, 0.5) is 5.69 Å². The second-order valence-corrected chi connectivity index (χ2v) is 7.56. The highest BCUT2D eigenvalue weighted by atomic mass is 16.7. The molecule has 2 heterocycles.